The molecule has 3 heterocycles. The smallest absolute Gasteiger partial charge is 0.268 e. The summed E-state index contributed by atoms with van der Waals surface area (Å²) in [6, 6.07) is 1.71. The molecule has 0 unspecified atom stereocenters. The fourth-order valence-electron chi connectivity index (χ4n) is 2.19. The van der Waals surface area contributed by atoms with Gasteiger partial charge in [-0.3, -0.25) is 9.48 Å². The minimum atomic E-state index is -0.341. The van der Waals surface area contributed by atoms with Crippen LogP contribution in [-0.2, 0) is 15.8 Å². The first-order chi connectivity index (χ1) is 12.5. The van der Waals surface area contributed by atoms with Gasteiger partial charge < -0.3 is 9.84 Å². The van der Waals surface area contributed by atoms with E-state index in [2.05, 4.69) is 20.5 Å². The zero-order valence-electron chi connectivity index (χ0n) is 14.1. The van der Waals surface area contributed by atoms with Gasteiger partial charge in [-0.1, -0.05) is 16.8 Å². The summed E-state index contributed by atoms with van der Waals surface area (Å²) in [5.74, 6) is 0.831. The van der Waals surface area contributed by atoms with E-state index in [1.807, 2.05) is 13.8 Å². The van der Waals surface area contributed by atoms with Crippen LogP contribution in [0.5, 0.6) is 0 Å². The molecule has 1 amide bonds. The molecule has 0 atom stereocenters. The van der Waals surface area contributed by atoms with E-state index < -0.39 is 0 Å². The molecule has 138 valence electrons. The summed E-state index contributed by atoms with van der Waals surface area (Å²) < 4.78 is 11.6. The summed E-state index contributed by atoms with van der Waals surface area (Å²) in [5, 5.41) is 13.0. The van der Waals surface area contributed by atoms with Gasteiger partial charge >= 0.3 is 0 Å². The van der Waals surface area contributed by atoms with Crippen LogP contribution in [0.4, 0.5) is 5.82 Å². The molecule has 0 aromatic carbocycles. The Morgan fingerprint density at radius 3 is 3.00 bits per heavy atom. The molecule has 26 heavy (non-hydrogen) atoms. The van der Waals surface area contributed by atoms with E-state index in [9.17, 15) is 4.79 Å². The minimum Gasteiger partial charge on any atom is -0.361 e. The number of hydrogen-bond acceptors (Lipinski definition) is 8. The van der Waals surface area contributed by atoms with Gasteiger partial charge in [-0.15, -0.1) is 11.3 Å². The number of nitrogens with zero attached hydrogens (tertiary/aromatic N) is 3. The Morgan fingerprint density at radius 1 is 1.50 bits per heavy atom. The van der Waals surface area contributed by atoms with Crippen molar-refractivity contribution < 1.29 is 18.5 Å². The Morgan fingerprint density at radius 2 is 2.31 bits per heavy atom. The first kappa shape index (κ1) is 18.9. The highest BCUT2D eigenvalue weighted by Crippen LogP contribution is 2.36. The maximum absolute atomic E-state index is 12.4. The van der Waals surface area contributed by atoms with E-state index in [-0.39, 0.29) is 5.91 Å². The molecule has 8 nitrogen and oxygen atoms in total. The van der Waals surface area contributed by atoms with Gasteiger partial charge in [-0.2, -0.15) is 9.43 Å². The van der Waals surface area contributed by atoms with E-state index in [4.69, 9.17) is 20.5 Å². The number of amides is 1. The van der Waals surface area contributed by atoms with Crippen LogP contribution in [0, 0.1) is 13.8 Å². The maximum Gasteiger partial charge on any atom is 0.268 e. The molecule has 0 spiro atoms. The van der Waals surface area contributed by atoms with Crippen LogP contribution in [0.1, 0.15) is 26.7 Å². The fourth-order valence-corrected chi connectivity index (χ4v) is 4.02. The lowest BCUT2D eigenvalue weighted by Crippen LogP contribution is -2.12. The molecule has 0 aliphatic rings. The Balaban J connectivity index is 1.67. The van der Waals surface area contributed by atoms with E-state index in [0.717, 1.165) is 29.1 Å². The van der Waals surface area contributed by atoms with Gasteiger partial charge in [0.25, 0.3) is 5.91 Å². The van der Waals surface area contributed by atoms with Gasteiger partial charge in [0.15, 0.2) is 5.82 Å². The largest absolute Gasteiger partial charge is 0.361 e. The van der Waals surface area contributed by atoms with Crippen molar-refractivity contribution in [1.29, 1.82) is 0 Å². The van der Waals surface area contributed by atoms with Crippen LogP contribution < -0.4 is 5.32 Å². The molecule has 0 saturated carbocycles. The van der Waals surface area contributed by atoms with Crippen molar-refractivity contribution in [2.24, 2.45) is 0 Å². The third-order valence-electron chi connectivity index (χ3n) is 3.48. The average Bonchev–Trinajstić information content (AvgIpc) is 3.29. The molecule has 3 rings (SSSR count). The highest BCUT2D eigenvalue weighted by atomic mass is 35.5. The van der Waals surface area contributed by atoms with E-state index in [0.29, 0.717) is 27.2 Å². The van der Waals surface area contributed by atoms with Crippen LogP contribution in [0.15, 0.2) is 27.1 Å². The average molecular weight is 415 g/mol. The first-order valence-electron chi connectivity index (χ1n) is 7.40. The summed E-state index contributed by atoms with van der Waals surface area (Å²) in [6.45, 7) is 4.23. The second-order valence-electron chi connectivity index (χ2n) is 5.22. The topological polar surface area (TPSA) is 91.4 Å². The predicted molar refractivity (Wildman–Crippen MR) is 98.5 cm³/mol. The Bertz CT molecular complexity index is 901. The SMILES string of the molecule is COOSc1csc(C(=O)Nc2ccn(Cc3c(C)noc3C)n2)c1Cl. The number of aryl methyl sites for hydroxylation is 2. The molecule has 0 radical (unpaired) electrons. The number of anilines is 1. The van der Waals surface area contributed by atoms with E-state index >= 15 is 0 Å². The Hall–Kier alpha value is -1.85. The van der Waals surface area contributed by atoms with Crippen molar-refractivity contribution in [2.45, 2.75) is 25.3 Å². The second kappa shape index (κ2) is 8.23. The molecular formula is C15H15ClN4O4S2. The number of halogens is 1. The summed E-state index contributed by atoms with van der Waals surface area (Å²) in [7, 11) is 1.39. The highest BCUT2D eigenvalue weighted by molar-refractivity contribution is 7.94. The normalized spacial score (nSPS) is 11.1. The zero-order chi connectivity index (χ0) is 18.7. The molecule has 3 aromatic heterocycles. The molecule has 3 aromatic rings. The van der Waals surface area contributed by atoms with Gasteiger partial charge in [0.05, 0.1) is 41.3 Å². The summed E-state index contributed by atoms with van der Waals surface area (Å²) >= 11 is 8.36. The molecule has 0 saturated heterocycles. The highest BCUT2D eigenvalue weighted by Gasteiger charge is 2.19. The van der Waals surface area contributed by atoms with Gasteiger partial charge in [-0.05, 0) is 13.8 Å². The van der Waals surface area contributed by atoms with Crippen molar-refractivity contribution in [3.05, 3.63) is 44.6 Å². The van der Waals surface area contributed by atoms with Crippen LogP contribution >= 0.6 is 35.0 Å². The second-order valence-corrected chi connectivity index (χ2v) is 7.22. The Kier molecular flexibility index (Phi) is 5.99. The quantitative estimate of drug-likeness (QED) is 0.353. The summed E-state index contributed by atoms with van der Waals surface area (Å²) in [5.41, 5.74) is 1.78. The lowest BCUT2D eigenvalue weighted by molar-refractivity contribution is -0.160. The van der Waals surface area contributed by atoms with Crippen LogP contribution in [0.3, 0.4) is 0 Å². The number of nitrogens with one attached hydrogen (secondary N) is 1. The number of rotatable bonds is 7. The molecular weight excluding hydrogens is 400 g/mol. The summed E-state index contributed by atoms with van der Waals surface area (Å²) in [6.07, 6.45) is 1.77. The molecule has 11 heteroatoms. The number of thiophene rings is 1. The van der Waals surface area contributed by atoms with Crippen LogP contribution in [-0.4, -0.2) is 28.0 Å². The van der Waals surface area contributed by atoms with Crippen molar-refractivity contribution in [3.8, 4) is 0 Å². The van der Waals surface area contributed by atoms with Gasteiger partial charge in [0.2, 0.25) is 0 Å². The lowest BCUT2D eigenvalue weighted by atomic mass is 10.2. The molecule has 1 N–H and O–H groups in total. The first-order valence-corrected chi connectivity index (χ1v) is 9.40. The third kappa shape index (κ3) is 4.10. The van der Waals surface area contributed by atoms with E-state index in [1.54, 1.807) is 22.3 Å². The van der Waals surface area contributed by atoms with Crippen molar-refractivity contribution in [3.63, 3.8) is 0 Å². The van der Waals surface area contributed by atoms with Crippen molar-refractivity contribution >= 4 is 46.7 Å². The van der Waals surface area contributed by atoms with Crippen molar-refractivity contribution in [1.82, 2.24) is 14.9 Å². The van der Waals surface area contributed by atoms with Crippen LogP contribution in [0.25, 0.3) is 0 Å². The zero-order valence-corrected chi connectivity index (χ0v) is 16.5. The molecule has 0 aliphatic heterocycles. The van der Waals surface area contributed by atoms with E-state index in [1.165, 1.54) is 18.4 Å². The molecule has 0 fully saturated rings. The van der Waals surface area contributed by atoms with Gasteiger partial charge in [0.1, 0.15) is 10.6 Å². The number of aromatic nitrogens is 3. The molecule has 0 aliphatic carbocycles. The Labute approximate surface area is 162 Å². The monoisotopic (exact) mass is 414 g/mol. The predicted octanol–water partition coefficient (Wildman–Crippen LogP) is 4.09. The maximum atomic E-state index is 12.4. The molecule has 0 bridgehead atoms. The van der Waals surface area contributed by atoms with Crippen molar-refractivity contribution in [2.75, 3.05) is 12.4 Å². The van der Waals surface area contributed by atoms with Gasteiger partial charge in [-0.25, -0.2) is 4.89 Å². The number of carbonyl (C=O) groups excluding carboxylic acids is 1. The number of carbonyl (C=O) groups is 1. The standard InChI is InChI=1S/C15H15ClN4O4S2/c1-8-10(9(2)23-19-8)6-20-5-4-12(18-20)17-15(21)14-13(16)11(7-25-14)26-24-22-3/h4-5,7H,6H2,1-3H3,(H,17,18,21). The van der Waals surface area contributed by atoms with Gasteiger partial charge in [0, 0.05) is 23.2 Å². The van der Waals surface area contributed by atoms with Crippen LogP contribution in [0.2, 0.25) is 5.02 Å². The lowest BCUT2D eigenvalue weighted by Gasteiger charge is -2.02. The summed E-state index contributed by atoms with van der Waals surface area (Å²) in [4.78, 5) is 17.9. The number of hydrogen-bond donors (Lipinski definition) is 1. The third-order valence-corrected chi connectivity index (χ3v) is 5.93. The minimum absolute atomic E-state index is 0.310. The fraction of sp³-hybridized carbons (Fsp3) is 0.267.